The number of thioether (sulfide) groups is 1. The first-order valence-corrected chi connectivity index (χ1v) is 8.58. The number of hydrogen-bond donors (Lipinski definition) is 0. The first-order chi connectivity index (χ1) is 10.2. The van der Waals surface area contributed by atoms with Gasteiger partial charge in [0.15, 0.2) is 5.16 Å². The van der Waals surface area contributed by atoms with Crippen LogP contribution in [-0.2, 0) is 22.5 Å². The quantitative estimate of drug-likeness (QED) is 0.440. The van der Waals surface area contributed by atoms with Gasteiger partial charge >= 0.3 is 5.97 Å². The summed E-state index contributed by atoms with van der Waals surface area (Å²) in [7, 11) is 0. The van der Waals surface area contributed by atoms with Crippen molar-refractivity contribution in [3.05, 3.63) is 18.5 Å². The van der Waals surface area contributed by atoms with Crippen molar-refractivity contribution in [2.45, 2.75) is 63.3 Å². The van der Waals surface area contributed by atoms with E-state index in [1.54, 1.807) is 0 Å². The van der Waals surface area contributed by atoms with Gasteiger partial charge in [0.25, 0.3) is 0 Å². The second-order valence-corrected chi connectivity index (χ2v) is 6.13. The highest BCUT2D eigenvalue weighted by Crippen LogP contribution is 2.22. The summed E-state index contributed by atoms with van der Waals surface area (Å²) in [4.78, 5) is 11.9. The van der Waals surface area contributed by atoms with Crippen LogP contribution in [0.5, 0.6) is 0 Å². The van der Waals surface area contributed by atoms with E-state index >= 15 is 0 Å². The zero-order chi connectivity index (χ0) is 15.1. The summed E-state index contributed by atoms with van der Waals surface area (Å²) in [6.07, 6.45) is 8.33. The summed E-state index contributed by atoms with van der Waals surface area (Å²) < 4.78 is 7.50. The van der Waals surface area contributed by atoms with Crippen molar-refractivity contribution in [3.8, 4) is 0 Å². The second-order valence-electron chi connectivity index (χ2n) is 5.19. The van der Waals surface area contributed by atoms with Crippen LogP contribution >= 0.6 is 11.8 Å². The standard InChI is InChI=1S/C15H23N3O2S/c1-3-10-18-13(4-2)16-17-15(18)21-11-14(19)20-12-8-6-5-7-9-12/h3,12H,1,4-11H2,2H3. The molecule has 2 rings (SSSR count). The molecule has 0 radical (unpaired) electrons. The number of aryl methyl sites for hydroxylation is 1. The fraction of sp³-hybridized carbons (Fsp3) is 0.667. The molecule has 6 heteroatoms. The van der Waals surface area contributed by atoms with Crippen LogP contribution in [0.4, 0.5) is 0 Å². The zero-order valence-electron chi connectivity index (χ0n) is 12.6. The molecule has 0 N–H and O–H groups in total. The lowest BCUT2D eigenvalue weighted by atomic mass is 9.98. The molecule has 1 fully saturated rings. The van der Waals surface area contributed by atoms with E-state index < -0.39 is 0 Å². The maximum absolute atomic E-state index is 11.9. The van der Waals surface area contributed by atoms with Gasteiger partial charge in [0.05, 0.1) is 5.75 Å². The summed E-state index contributed by atoms with van der Waals surface area (Å²) >= 11 is 1.39. The monoisotopic (exact) mass is 309 g/mol. The maximum Gasteiger partial charge on any atom is 0.316 e. The lowest BCUT2D eigenvalue weighted by Crippen LogP contribution is -2.22. The predicted molar refractivity (Wildman–Crippen MR) is 83.3 cm³/mol. The van der Waals surface area contributed by atoms with E-state index in [1.165, 1.54) is 31.0 Å². The Morgan fingerprint density at radius 3 is 2.86 bits per heavy atom. The highest BCUT2D eigenvalue weighted by molar-refractivity contribution is 7.99. The molecule has 116 valence electrons. The van der Waals surface area contributed by atoms with Crippen LogP contribution in [0.15, 0.2) is 17.8 Å². The molecular weight excluding hydrogens is 286 g/mol. The number of hydrogen-bond acceptors (Lipinski definition) is 5. The van der Waals surface area contributed by atoms with Crippen molar-refractivity contribution in [1.29, 1.82) is 0 Å². The van der Waals surface area contributed by atoms with Crippen LogP contribution in [0, 0.1) is 0 Å². The number of ether oxygens (including phenoxy) is 1. The number of aromatic nitrogens is 3. The van der Waals surface area contributed by atoms with Crippen LogP contribution in [0.3, 0.4) is 0 Å². The normalized spacial score (nSPS) is 15.9. The van der Waals surface area contributed by atoms with Gasteiger partial charge in [0.2, 0.25) is 0 Å². The summed E-state index contributed by atoms with van der Waals surface area (Å²) in [5.41, 5.74) is 0. The molecule has 0 bridgehead atoms. The van der Waals surface area contributed by atoms with E-state index in [4.69, 9.17) is 4.74 Å². The third-order valence-electron chi connectivity index (χ3n) is 3.59. The molecule has 1 aromatic heterocycles. The van der Waals surface area contributed by atoms with E-state index in [9.17, 15) is 4.79 Å². The Morgan fingerprint density at radius 1 is 1.43 bits per heavy atom. The highest BCUT2D eigenvalue weighted by atomic mass is 32.2. The molecule has 0 atom stereocenters. The molecule has 1 aliphatic rings. The molecule has 0 aliphatic heterocycles. The summed E-state index contributed by atoms with van der Waals surface area (Å²) in [5, 5.41) is 9.04. The van der Waals surface area contributed by atoms with Crippen LogP contribution < -0.4 is 0 Å². The average molecular weight is 309 g/mol. The number of carbonyl (C=O) groups is 1. The van der Waals surface area contributed by atoms with Crippen molar-refractivity contribution < 1.29 is 9.53 Å². The number of nitrogens with zero attached hydrogens (tertiary/aromatic N) is 3. The van der Waals surface area contributed by atoms with Crippen molar-refractivity contribution in [3.63, 3.8) is 0 Å². The molecule has 21 heavy (non-hydrogen) atoms. The Kier molecular flexibility index (Phi) is 6.29. The topological polar surface area (TPSA) is 57.0 Å². The number of allylic oxidation sites excluding steroid dienone is 1. The van der Waals surface area contributed by atoms with Gasteiger partial charge in [0.1, 0.15) is 11.9 Å². The van der Waals surface area contributed by atoms with Crippen molar-refractivity contribution in [2.75, 3.05) is 5.75 Å². The van der Waals surface area contributed by atoms with Gasteiger partial charge in [-0.15, -0.1) is 16.8 Å². The molecule has 0 saturated heterocycles. The van der Waals surface area contributed by atoms with E-state index in [0.717, 1.165) is 30.2 Å². The van der Waals surface area contributed by atoms with E-state index in [0.29, 0.717) is 6.54 Å². The average Bonchev–Trinajstić information content (AvgIpc) is 2.89. The molecular formula is C15H23N3O2S. The number of rotatable bonds is 7. The number of carbonyl (C=O) groups excluding carboxylic acids is 1. The first kappa shape index (κ1) is 16.1. The predicted octanol–water partition coefficient (Wildman–Crippen LogP) is 2.99. The SMILES string of the molecule is C=CCn1c(CC)nnc1SCC(=O)OC1CCCCC1. The third-order valence-corrected chi connectivity index (χ3v) is 4.53. The molecule has 0 spiro atoms. The van der Waals surface area contributed by atoms with Crippen LogP contribution in [0.2, 0.25) is 0 Å². The van der Waals surface area contributed by atoms with Gasteiger partial charge in [-0.25, -0.2) is 0 Å². The Balaban J connectivity index is 1.85. The van der Waals surface area contributed by atoms with E-state index in [2.05, 4.69) is 16.8 Å². The third kappa shape index (κ3) is 4.59. The Labute approximate surface area is 130 Å². The molecule has 0 aromatic carbocycles. The largest absolute Gasteiger partial charge is 0.462 e. The minimum Gasteiger partial charge on any atom is -0.462 e. The Morgan fingerprint density at radius 2 is 2.19 bits per heavy atom. The second kappa shape index (κ2) is 8.22. The molecule has 0 amide bonds. The van der Waals surface area contributed by atoms with Gasteiger partial charge in [-0.05, 0) is 25.7 Å². The Hall–Kier alpha value is -1.30. The lowest BCUT2D eigenvalue weighted by Gasteiger charge is -2.21. The van der Waals surface area contributed by atoms with Crippen molar-refractivity contribution in [1.82, 2.24) is 14.8 Å². The smallest absolute Gasteiger partial charge is 0.316 e. The summed E-state index contributed by atoms with van der Waals surface area (Å²) in [6, 6.07) is 0. The maximum atomic E-state index is 11.9. The van der Waals surface area contributed by atoms with Crippen molar-refractivity contribution in [2.24, 2.45) is 0 Å². The first-order valence-electron chi connectivity index (χ1n) is 7.59. The molecule has 1 aliphatic carbocycles. The fourth-order valence-electron chi connectivity index (χ4n) is 2.53. The molecule has 1 aromatic rings. The zero-order valence-corrected chi connectivity index (χ0v) is 13.4. The lowest BCUT2D eigenvalue weighted by molar-refractivity contribution is -0.147. The van der Waals surface area contributed by atoms with Crippen LogP contribution in [-0.4, -0.2) is 32.6 Å². The molecule has 1 saturated carbocycles. The molecule has 1 heterocycles. The van der Waals surface area contributed by atoms with Gasteiger partial charge in [-0.1, -0.05) is 31.2 Å². The fourth-order valence-corrected chi connectivity index (χ4v) is 3.28. The Bertz CT molecular complexity index is 481. The van der Waals surface area contributed by atoms with Gasteiger partial charge < -0.3 is 9.30 Å². The molecule has 0 unspecified atom stereocenters. The van der Waals surface area contributed by atoms with Crippen LogP contribution in [0.1, 0.15) is 44.9 Å². The molecule has 5 nitrogen and oxygen atoms in total. The van der Waals surface area contributed by atoms with Crippen molar-refractivity contribution >= 4 is 17.7 Å². The van der Waals surface area contributed by atoms with E-state index in [-0.39, 0.29) is 17.8 Å². The minimum atomic E-state index is -0.155. The summed E-state index contributed by atoms with van der Waals surface area (Å²) in [6.45, 7) is 6.45. The van der Waals surface area contributed by atoms with Gasteiger partial charge in [0, 0.05) is 13.0 Å². The number of esters is 1. The van der Waals surface area contributed by atoms with Gasteiger partial charge in [-0.2, -0.15) is 0 Å². The van der Waals surface area contributed by atoms with E-state index in [1.807, 2.05) is 17.6 Å². The summed E-state index contributed by atoms with van der Waals surface area (Å²) in [5.74, 6) is 1.05. The van der Waals surface area contributed by atoms with Crippen LogP contribution in [0.25, 0.3) is 0 Å². The highest BCUT2D eigenvalue weighted by Gasteiger charge is 2.19. The minimum absolute atomic E-state index is 0.115. The van der Waals surface area contributed by atoms with Gasteiger partial charge in [-0.3, -0.25) is 4.79 Å².